The van der Waals surface area contributed by atoms with Crippen LogP contribution in [-0.4, -0.2) is 0 Å². The van der Waals surface area contributed by atoms with Crippen LogP contribution in [-0.2, 0) is 6.42 Å². The van der Waals surface area contributed by atoms with Gasteiger partial charge in [-0.25, -0.2) is 4.39 Å². The van der Waals surface area contributed by atoms with Crippen LogP contribution in [0.1, 0.15) is 22.7 Å². The van der Waals surface area contributed by atoms with Crippen molar-refractivity contribution in [1.82, 2.24) is 0 Å². The molecule has 0 spiro atoms. The van der Waals surface area contributed by atoms with Gasteiger partial charge in [-0.3, -0.25) is 0 Å². The first kappa shape index (κ1) is 14.7. The van der Waals surface area contributed by atoms with Gasteiger partial charge < -0.3 is 5.73 Å². The summed E-state index contributed by atoms with van der Waals surface area (Å²) in [5.74, 6) is -0.223. The Hall–Kier alpha value is -0.710. The highest BCUT2D eigenvalue weighted by molar-refractivity contribution is 9.10. The molecule has 0 saturated heterocycles. The molecule has 0 aliphatic carbocycles. The Labute approximate surface area is 129 Å². The fourth-order valence-corrected chi connectivity index (χ4v) is 2.52. The molecule has 2 aromatic carbocycles. The first-order valence-corrected chi connectivity index (χ1v) is 7.51. The highest BCUT2D eigenvalue weighted by atomic mass is 79.9. The number of aryl methyl sites for hydroxylation is 1. The predicted molar refractivity (Wildman–Crippen MR) is 83.6 cm³/mol. The van der Waals surface area contributed by atoms with E-state index in [0.29, 0.717) is 12.0 Å². The summed E-state index contributed by atoms with van der Waals surface area (Å²) in [4.78, 5) is 0. The molecule has 0 aliphatic heterocycles. The molecule has 0 amide bonds. The zero-order chi connectivity index (χ0) is 14.0. The standard InChI is InChI=1S/C15H14Br2FN/c1-9-6-11(3-5-13(9)17)15(19)7-10-2-4-12(16)8-14(10)18/h2-6,8,15H,7,19H2,1H3. The Bertz CT molecular complexity index is 599. The molecule has 2 rings (SSSR count). The first-order valence-electron chi connectivity index (χ1n) is 5.93. The molecule has 0 heterocycles. The lowest BCUT2D eigenvalue weighted by molar-refractivity contribution is 0.592. The summed E-state index contributed by atoms with van der Waals surface area (Å²) in [7, 11) is 0. The lowest BCUT2D eigenvalue weighted by Crippen LogP contribution is -2.14. The Morgan fingerprint density at radius 3 is 2.53 bits per heavy atom. The van der Waals surface area contributed by atoms with E-state index >= 15 is 0 Å². The van der Waals surface area contributed by atoms with Crippen LogP contribution in [0.3, 0.4) is 0 Å². The normalized spacial score (nSPS) is 12.5. The van der Waals surface area contributed by atoms with Crippen molar-refractivity contribution in [1.29, 1.82) is 0 Å². The molecule has 100 valence electrons. The van der Waals surface area contributed by atoms with E-state index in [1.165, 1.54) is 6.07 Å². The van der Waals surface area contributed by atoms with Gasteiger partial charge in [0, 0.05) is 15.0 Å². The molecule has 4 heteroatoms. The van der Waals surface area contributed by atoms with E-state index in [2.05, 4.69) is 31.9 Å². The molecule has 1 nitrogen and oxygen atoms in total. The number of rotatable bonds is 3. The van der Waals surface area contributed by atoms with E-state index in [-0.39, 0.29) is 11.9 Å². The van der Waals surface area contributed by atoms with Crippen LogP contribution in [0, 0.1) is 12.7 Å². The zero-order valence-corrected chi connectivity index (χ0v) is 13.6. The molecule has 19 heavy (non-hydrogen) atoms. The van der Waals surface area contributed by atoms with Crippen LogP contribution in [0.5, 0.6) is 0 Å². The van der Waals surface area contributed by atoms with Gasteiger partial charge in [0.05, 0.1) is 0 Å². The monoisotopic (exact) mass is 385 g/mol. The molecule has 0 radical (unpaired) electrons. The highest BCUT2D eigenvalue weighted by Crippen LogP contribution is 2.24. The molecule has 0 bridgehead atoms. The molecule has 2 aromatic rings. The summed E-state index contributed by atoms with van der Waals surface area (Å²) >= 11 is 6.71. The predicted octanol–water partition coefficient (Wildman–Crippen LogP) is 4.90. The lowest BCUT2D eigenvalue weighted by atomic mass is 9.98. The van der Waals surface area contributed by atoms with Crippen LogP contribution >= 0.6 is 31.9 Å². The maximum absolute atomic E-state index is 13.8. The van der Waals surface area contributed by atoms with E-state index in [1.807, 2.05) is 31.2 Å². The maximum Gasteiger partial charge on any atom is 0.127 e. The van der Waals surface area contributed by atoms with Crippen LogP contribution in [0.4, 0.5) is 4.39 Å². The quantitative estimate of drug-likeness (QED) is 0.797. The smallest absolute Gasteiger partial charge is 0.127 e. The van der Waals surface area contributed by atoms with Crippen molar-refractivity contribution < 1.29 is 4.39 Å². The van der Waals surface area contributed by atoms with Gasteiger partial charge in [0.2, 0.25) is 0 Å². The molecule has 0 fully saturated rings. The number of benzene rings is 2. The summed E-state index contributed by atoms with van der Waals surface area (Å²) in [5.41, 5.74) is 8.94. The Balaban J connectivity index is 2.20. The number of hydrogen-bond acceptors (Lipinski definition) is 1. The topological polar surface area (TPSA) is 26.0 Å². The summed E-state index contributed by atoms with van der Waals surface area (Å²) in [5, 5.41) is 0. The summed E-state index contributed by atoms with van der Waals surface area (Å²) in [6, 6.07) is 10.8. The van der Waals surface area contributed by atoms with E-state index in [9.17, 15) is 4.39 Å². The average Bonchev–Trinajstić information content (AvgIpc) is 2.36. The summed E-state index contributed by atoms with van der Waals surface area (Å²) in [6.07, 6.45) is 0.486. The van der Waals surface area contributed by atoms with Gasteiger partial charge in [-0.2, -0.15) is 0 Å². The van der Waals surface area contributed by atoms with Gasteiger partial charge in [-0.15, -0.1) is 0 Å². The highest BCUT2D eigenvalue weighted by Gasteiger charge is 2.11. The SMILES string of the molecule is Cc1cc(C(N)Cc2ccc(Br)cc2F)ccc1Br. The van der Waals surface area contributed by atoms with Crippen molar-refractivity contribution >= 4 is 31.9 Å². The fraction of sp³-hybridized carbons (Fsp3) is 0.200. The van der Waals surface area contributed by atoms with Crippen LogP contribution in [0.25, 0.3) is 0 Å². The largest absolute Gasteiger partial charge is 0.324 e. The van der Waals surface area contributed by atoms with Gasteiger partial charge in [0.15, 0.2) is 0 Å². The fourth-order valence-electron chi connectivity index (χ4n) is 1.94. The minimum Gasteiger partial charge on any atom is -0.324 e. The van der Waals surface area contributed by atoms with E-state index in [1.54, 1.807) is 6.07 Å². The molecule has 1 unspecified atom stereocenters. The summed E-state index contributed by atoms with van der Waals surface area (Å²) < 4.78 is 15.6. The Morgan fingerprint density at radius 2 is 1.89 bits per heavy atom. The first-order chi connectivity index (χ1) is 8.97. The van der Waals surface area contributed by atoms with Crippen molar-refractivity contribution in [2.45, 2.75) is 19.4 Å². The number of nitrogens with two attached hydrogens (primary N) is 1. The second-order valence-electron chi connectivity index (χ2n) is 4.55. The van der Waals surface area contributed by atoms with Crippen LogP contribution in [0.2, 0.25) is 0 Å². The van der Waals surface area contributed by atoms with Crippen LogP contribution in [0.15, 0.2) is 45.3 Å². The van der Waals surface area contributed by atoms with Crippen molar-refractivity contribution in [2.75, 3.05) is 0 Å². The third-order valence-corrected chi connectivity index (χ3v) is 4.45. The molecule has 0 aliphatic rings. The number of hydrogen-bond donors (Lipinski definition) is 1. The minimum absolute atomic E-state index is 0.206. The molecule has 0 aromatic heterocycles. The average molecular weight is 387 g/mol. The van der Waals surface area contributed by atoms with Crippen molar-refractivity contribution in [3.63, 3.8) is 0 Å². The van der Waals surface area contributed by atoms with Gasteiger partial charge in [-0.1, -0.05) is 50.1 Å². The third kappa shape index (κ3) is 3.65. The molecular formula is C15H14Br2FN. The van der Waals surface area contributed by atoms with Crippen molar-refractivity contribution in [3.8, 4) is 0 Å². The van der Waals surface area contributed by atoms with E-state index in [0.717, 1.165) is 20.1 Å². The Kier molecular flexibility index (Phi) is 4.76. The van der Waals surface area contributed by atoms with E-state index < -0.39 is 0 Å². The second kappa shape index (κ2) is 6.16. The lowest BCUT2D eigenvalue weighted by Gasteiger charge is -2.14. The van der Waals surface area contributed by atoms with Crippen molar-refractivity contribution in [2.24, 2.45) is 5.73 Å². The van der Waals surface area contributed by atoms with Gasteiger partial charge >= 0.3 is 0 Å². The zero-order valence-electron chi connectivity index (χ0n) is 10.5. The third-order valence-electron chi connectivity index (χ3n) is 3.07. The van der Waals surface area contributed by atoms with Gasteiger partial charge in [-0.05, 0) is 48.2 Å². The maximum atomic E-state index is 13.8. The minimum atomic E-state index is -0.223. The molecular weight excluding hydrogens is 373 g/mol. The second-order valence-corrected chi connectivity index (χ2v) is 6.32. The molecule has 2 N–H and O–H groups in total. The van der Waals surface area contributed by atoms with Crippen LogP contribution < -0.4 is 5.73 Å². The van der Waals surface area contributed by atoms with Gasteiger partial charge in [0.1, 0.15) is 5.82 Å². The van der Waals surface area contributed by atoms with Gasteiger partial charge in [0.25, 0.3) is 0 Å². The van der Waals surface area contributed by atoms with E-state index in [4.69, 9.17) is 5.73 Å². The molecule has 1 atom stereocenters. The molecule has 0 saturated carbocycles. The summed E-state index contributed by atoms with van der Waals surface area (Å²) in [6.45, 7) is 2.01. The Morgan fingerprint density at radius 1 is 1.16 bits per heavy atom. The number of halogens is 3. The van der Waals surface area contributed by atoms with Crippen molar-refractivity contribution in [3.05, 3.63) is 67.9 Å².